The molecule has 3 amide bonds. The molecule has 7 nitrogen and oxygen atoms in total. The third-order valence-corrected chi connectivity index (χ3v) is 4.16. The maximum absolute atomic E-state index is 12.7. The average molecular weight is 394 g/mol. The van der Waals surface area contributed by atoms with E-state index in [4.69, 9.17) is 11.6 Å². The molecule has 2 rings (SSSR count). The summed E-state index contributed by atoms with van der Waals surface area (Å²) < 4.78 is 38.1. The van der Waals surface area contributed by atoms with Gasteiger partial charge in [0.15, 0.2) is 0 Å². The molecule has 1 aliphatic heterocycles. The van der Waals surface area contributed by atoms with Crippen LogP contribution in [0.3, 0.4) is 0 Å². The molecule has 1 fully saturated rings. The Hall–Kier alpha value is -2.07. The number of rotatable bonds is 3. The zero-order valence-corrected chi connectivity index (χ0v) is 14.8. The van der Waals surface area contributed by atoms with Gasteiger partial charge in [0, 0.05) is 39.4 Å². The normalized spacial score (nSPS) is 16.1. The fraction of sp³-hybridized carbons (Fsp3) is 0.533. The topological polar surface area (TPSA) is 77.6 Å². The number of hydrogen-bond donors (Lipinski definition) is 2. The van der Waals surface area contributed by atoms with Gasteiger partial charge in [0.1, 0.15) is 5.82 Å². The van der Waals surface area contributed by atoms with Crippen LogP contribution in [0.15, 0.2) is 12.3 Å². The lowest BCUT2D eigenvalue weighted by molar-refractivity contribution is -0.137. The standard InChI is InChI=1S/C15H19ClF3N5O2/c1-20-14(26)22-12(25)9-23-3-2-4-24(6-5-23)13-11(16)7-10(8-21-13)15(17,18)19/h7-8H,2-6,9H2,1H3,(H2,20,22,25,26). The maximum Gasteiger partial charge on any atom is 0.417 e. The predicted molar refractivity (Wildman–Crippen MR) is 90.1 cm³/mol. The van der Waals surface area contributed by atoms with Gasteiger partial charge in [-0.15, -0.1) is 0 Å². The van der Waals surface area contributed by atoms with Crippen molar-refractivity contribution >= 4 is 29.4 Å². The summed E-state index contributed by atoms with van der Waals surface area (Å²) in [7, 11) is 1.41. The lowest BCUT2D eigenvalue weighted by Gasteiger charge is -2.23. The summed E-state index contributed by atoms with van der Waals surface area (Å²) in [4.78, 5) is 30.4. The molecular formula is C15H19ClF3N5O2. The highest BCUT2D eigenvalue weighted by atomic mass is 35.5. The third kappa shape index (κ3) is 5.46. The van der Waals surface area contributed by atoms with Gasteiger partial charge in [0.2, 0.25) is 5.91 Å². The van der Waals surface area contributed by atoms with E-state index in [1.54, 1.807) is 4.90 Å². The van der Waals surface area contributed by atoms with Gasteiger partial charge in [0.25, 0.3) is 0 Å². The van der Waals surface area contributed by atoms with E-state index in [2.05, 4.69) is 15.6 Å². The number of carbonyl (C=O) groups is 2. The summed E-state index contributed by atoms with van der Waals surface area (Å²) in [5.74, 6) is -0.139. The van der Waals surface area contributed by atoms with Gasteiger partial charge in [-0.3, -0.25) is 15.0 Å². The number of anilines is 1. The number of imide groups is 1. The second-order valence-electron chi connectivity index (χ2n) is 5.77. The van der Waals surface area contributed by atoms with Crippen molar-refractivity contribution in [2.75, 3.05) is 44.7 Å². The fourth-order valence-electron chi connectivity index (χ4n) is 2.59. The molecular weight excluding hydrogens is 375 g/mol. The Morgan fingerprint density at radius 2 is 2.00 bits per heavy atom. The first-order valence-electron chi connectivity index (χ1n) is 7.92. The van der Waals surface area contributed by atoms with Crippen LogP contribution < -0.4 is 15.5 Å². The van der Waals surface area contributed by atoms with Crippen molar-refractivity contribution < 1.29 is 22.8 Å². The van der Waals surface area contributed by atoms with Gasteiger partial charge in [-0.05, 0) is 12.5 Å². The Kier molecular flexibility index (Phi) is 6.65. The van der Waals surface area contributed by atoms with Crippen molar-refractivity contribution in [2.24, 2.45) is 0 Å². The van der Waals surface area contributed by atoms with Gasteiger partial charge in [-0.25, -0.2) is 9.78 Å². The highest BCUT2D eigenvalue weighted by Crippen LogP contribution is 2.33. The van der Waals surface area contributed by atoms with E-state index >= 15 is 0 Å². The maximum atomic E-state index is 12.7. The first-order valence-corrected chi connectivity index (χ1v) is 8.30. The first kappa shape index (κ1) is 20.2. The summed E-state index contributed by atoms with van der Waals surface area (Å²) in [6.07, 6.45) is -3.06. The smallest absolute Gasteiger partial charge is 0.354 e. The van der Waals surface area contributed by atoms with Gasteiger partial charge >= 0.3 is 12.2 Å². The van der Waals surface area contributed by atoms with Crippen LogP contribution in [0.1, 0.15) is 12.0 Å². The van der Waals surface area contributed by atoms with Crippen molar-refractivity contribution in [3.05, 3.63) is 22.8 Å². The Bertz CT molecular complexity index is 671. The van der Waals surface area contributed by atoms with Crippen molar-refractivity contribution in [2.45, 2.75) is 12.6 Å². The van der Waals surface area contributed by atoms with Crippen molar-refractivity contribution in [1.29, 1.82) is 0 Å². The van der Waals surface area contributed by atoms with Gasteiger partial charge in [-0.2, -0.15) is 13.2 Å². The Labute approximate surface area is 153 Å². The van der Waals surface area contributed by atoms with Crippen LogP contribution in [0, 0.1) is 0 Å². The van der Waals surface area contributed by atoms with Crippen molar-refractivity contribution in [3.8, 4) is 0 Å². The molecule has 1 aromatic rings. The van der Waals surface area contributed by atoms with Crippen LogP contribution in [0.2, 0.25) is 5.02 Å². The zero-order valence-electron chi connectivity index (χ0n) is 14.1. The SMILES string of the molecule is CNC(=O)NC(=O)CN1CCCN(c2ncc(C(F)(F)F)cc2Cl)CC1. The second-order valence-corrected chi connectivity index (χ2v) is 6.18. The fourth-order valence-corrected chi connectivity index (χ4v) is 2.88. The highest BCUT2D eigenvalue weighted by molar-refractivity contribution is 6.33. The molecule has 1 aliphatic rings. The number of urea groups is 1. The lowest BCUT2D eigenvalue weighted by atomic mass is 10.2. The number of aromatic nitrogens is 1. The van der Waals surface area contributed by atoms with Crippen LogP contribution in [0.5, 0.6) is 0 Å². The second kappa shape index (κ2) is 8.54. The van der Waals surface area contributed by atoms with Gasteiger partial charge < -0.3 is 10.2 Å². The van der Waals surface area contributed by atoms with E-state index in [0.717, 1.165) is 12.3 Å². The molecule has 11 heteroatoms. The number of carbonyl (C=O) groups excluding carboxylic acids is 2. The summed E-state index contributed by atoms with van der Waals surface area (Å²) in [5.41, 5.74) is -0.895. The van der Waals surface area contributed by atoms with E-state index < -0.39 is 23.7 Å². The number of amides is 3. The molecule has 0 aliphatic carbocycles. The van der Waals surface area contributed by atoms with Crippen molar-refractivity contribution in [3.63, 3.8) is 0 Å². The van der Waals surface area contributed by atoms with Gasteiger partial charge in [0.05, 0.1) is 17.1 Å². The molecule has 0 atom stereocenters. The lowest BCUT2D eigenvalue weighted by Crippen LogP contribution is -2.44. The summed E-state index contributed by atoms with van der Waals surface area (Å²) in [5, 5.41) is 4.42. The van der Waals surface area contributed by atoms with E-state index in [1.807, 2.05) is 4.90 Å². The van der Waals surface area contributed by atoms with Crippen LogP contribution >= 0.6 is 11.6 Å². The predicted octanol–water partition coefficient (Wildman–Crippen LogP) is 1.72. The molecule has 0 radical (unpaired) electrons. The highest BCUT2D eigenvalue weighted by Gasteiger charge is 2.32. The zero-order chi connectivity index (χ0) is 19.3. The third-order valence-electron chi connectivity index (χ3n) is 3.88. The number of nitrogens with one attached hydrogen (secondary N) is 2. The monoisotopic (exact) mass is 393 g/mol. The number of hydrogen-bond acceptors (Lipinski definition) is 5. The number of halogens is 4. The van der Waals surface area contributed by atoms with Crippen LogP contribution in [-0.4, -0.2) is 61.6 Å². The minimum Gasteiger partial charge on any atom is -0.354 e. The number of pyridine rings is 1. The van der Waals surface area contributed by atoms with Gasteiger partial charge in [-0.1, -0.05) is 11.6 Å². The molecule has 26 heavy (non-hydrogen) atoms. The van der Waals surface area contributed by atoms with E-state index in [9.17, 15) is 22.8 Å². The van der Waals surface area contributed by atoms with E-state index in [1.165, 1.54) is 7.05 Å². The number of alkyl halides is 3. The molecule has 0 bridgehead atoms. The van der Waals surface area contributed by atoms with Crippen LogP contribution in [-0.2, 0) is 11.0 Å². The Balaban J connectivity index is 1.98. The van der Waals surface area contributed by atoms with Crippen LogP contribution in [0.4, 0.5) is 23.8 Å². The summed E-state index contributed by atoms with van der Waals surface area (Å²) in [6.45, 7) is 2.14. The molecule has 0 saturated carbocycles. The number of nitrogens with zero attached hydrogens (tertiary/aromatic N) is 3. The Morgan fingerprint density at radius 1 is 1.27 bits per heavy atom. The molecule has 2 heterocycles. The molecule has 144 valence electrons. The molecule has 2 N–H and O–H groups in total. The molecule has 1 saturated heterocycles. The van der Waals surface area contributed by atoms with E-state index in [0.29, 0.717) is 32.6 Å². The van der Waals surface area contributed by atoms with Crippen LogP contribution in [0.25, 0.3) is 0 Å². The quantitative estimate of drug-likeness (QED) is 0.817. The van der Waals surface area contributed by atoms with E-state index in [-0.39, 0.29) is 17.4 Å². The first-order chi connectivity index (χ1) is 12.2. The molecule has 0 aromatic carbocycles. The molecule has 0 unspecified atom stereocenters. The average Bonchev–Trinajstić information content (AvgIpc) is 2.79. The summed E-state index contributed by atoms with van der Waals surface area (Å²) in [6, 6.07) is 0.288. The summed E-state index contributed by atoms with van der Waals surface area (Å²) >= 11 is 5.99. The molecule has 0 spiro atoms. The largest absolute Gasteiger partial charge is 0.417 e. The van der Waals surface area contributed by atoms with Crippen molar-refractivity contribution in [1.82, 2.24) is 20.5 Å². The minimum atomic E-state index is -4.50. The minimum absolute atomic E-state index is 0.0510. The molecule has 1 aromatic heterocycles. The Morgan fingerprint density at radius 3 is 2.62 bits per heavy atom.